The number of nitrogens with zero attached hydrogens (tertiary/aromatic N) is 1. The number of benzene rings is 2. The second-order valence-electron chi connectivity index (χ2n) is 5.84. The first kappa shape index (κ1) is 18.0. The normalized spacial score (nSPS) is 18.4. The molecule has 0 aromatic heterocycles. The standard InChI is InChI=1S/C17H16Cl2N2O3S/c1-21(13-7-3-2-4-8-13)25(23,24)14-9-5-6-12(10-14)20-16(22)15-11-17(15,18)19/h2-10,15H,11H2,1H3,(H,20,22). The van der Waals surface area contributed by atoms with E-state index in [1.165, 1.54) is 23.5 Å². The number of rotatable bonds is 5. The molecule has 0 bridgehead atoms. The molecule has 5 nitrogen and oxygen atoms in total. The van der Waals surface area contributed by atoms with Gasteiger partial charge in [-0.15, -0.1) is 23.2 Å². The number of alkyl halides is 2. The predicted molar refractivity (Wildman–Crippen MR) is 99.6 cm³/mol. The van der Waals surface area contributed by atoms with E-state index in [9.17, 15) is 13.2 Å². The Kier molecular flexibility index (Phi) is 4.70. The van der Waals surface area contributed by atoms with E-state index in [1.807, 2.05) is 6.07 Å². The zero-order valence-electron chi connectivity index (χ0n) is 13.3. The lowest BCUT2D eigenvalue weighted by Gasteiger charge is -2.19. The SMILES string of the molecule is CN(c1ccccc1)S(=O)(=O)c1cccc(NC(=O)C2CC2(Cl)Cl)c1. The molecule has 1 unspecified atom stereocenters. The summed E-state index contributed by atoms with van der Waals surface area (Å²) in [5.41, 5.74) is 0.924. The van der Waals surface area contributed by atoms with E-state index in [1.54, 1.807) is 36.4 Å². The average Bonchev–Trinajstić information content (AvgIpc) is 3.24. The number of para-hydroxylation sites is 1. The molecule has 0 heterocycles. The van der Waals surface area contributed by atoms with Gasteiger partial charge in [0.1, 0.15) is 4.33 Å². The van der Waals surface area contributed by atoms with Crippen molar-refractivity contribution in [3.63, 3.8) is 0 Å². The lowest BCUT2D eigenvalue weighted by molar-refractivity contribution is -0.117. The van der Waals surface area contributed by atoms with Crippen LogP contribution in [0.1, 0.15) is 6.42 Å². The zero-order chi connectivity index (χ0) is 18.2. The summed E-state index contributed by atoms with van der Waals surface area (Å²) in [4.78, 5) is 12.1. The molecule has 132 valence electrons. The van der Waals surface area contributed by atoms with Crippen LogP contribution in [0.5, 0.6) is 0 Å². The van der Waals surface area contributed by atoms with Crippen LogP contribution in [0.3, 0.4) is 0 Å². The summed E-state index contributed by atoms with van der Waals surface area (Å²) in [7, 11) is -2.27. The van der Waals surface area contributed by atoms with Crippen LogP contribution in [0, 0.1) is 5.92 Å². The number of carbonyl (C=O) groups is 1. The maximum atomic E-state index is 12.8. The van der Waals surface area contributed by atoms with Crippen LogP contribution in [0.15, 0.2) is 59.5 Å². The summed E-state index contributed by atoms with van der Waals surface area (Å²) >= 11 is 11.8. The molecular weight excluding hydrogens is 383 g/mol. The monoisotopic (exact) mass is 398 g/mol. The van der Waals surface area contributed by atoms with Gasteiger partial charge in [0, 0.05) is 12.7 Å². The van der Waals surface area contributed by atoms with Gasteiger partial charge < -0.3 is 5.32 Å². The van der Waals surface area contributed by atoms with Gasteiger partial charge in [-0.1, -0.05) is 24.3 Å². The average molecular weight is 399 g/mol. The smallest absolute Gasteiger partial charge is 0.264 e. The highest BCUT2D eigenvalue weighted by atomic mass is 35.5. The van der Waals surface area contributed by atoms with Crippen LogP contribution < -0.4 is 9.62 Å². The lowest BCUT2D eigenvalue weighted by Crippen LogP contribution is -2.26. The van der Waals surface area contributed by atoms with Crippen LogP contribution in [0.2, 0.25) is 0 Å². The van der Waals surface area contributed by atoms with Crippen molar-refractivity contribution in [2.75, 3.05) is 16.7 Å². The Morgan fingerprint density at radius 2 is 1.80 bits per heavy atom. The summed E-state index contributed by atoms with van der Waals surface area (Å²) in [6.45, 7) is 0. The number of carbonyl (C=O) groups excluding carboxylic acids is 1. The third kappa shape index (κ3) is 3.76. The van der Waals surface area contributed by atoms with Crippen molar-refractivity contribution in [2.24, 2.45) is 5.92 Å². The van der Waals surface area contributed by atoms with Crippen molar-refractivity contribution >= 4 is 50.5 Å². The first-order valence-corrected chi connectivity index (χ1v) is 9.74. The highest BCUT2D eigenvalue weighted by Crippen LogP contribution is 2.53. The molecule has 8 heteroatoms. The van der Waals surface area contributed by atoms with E-state index in [-0.39, 0.29) is 10.8 Å². The van der Waals surface area contributed by atoms with E-state index >= 15 is 0 Å². The van der Waals surface area contributed by atoms with Gasteiger partial charge in [0.05, 0.1) is 16.5 Å². The van der Waals surface area contributed by atoms with Crippen LogP contribution in [-0.2, 0) is 14.8 Å². The summed E-state index contributed by atoms with van der Waals surface area (Å²) in [6, 6.07) is 14.8. The fourth-order valence-corrected chi connectivity index (χ4v) is 4.14. The highest BCUT2D eigenvalue weighted by molar-refractivity contribution is 7.92. The van der Waals surface area contributed by atoms with Crippen LogP contribution in [0.25, 0.3) is 0 Å². The largest absolute Gasteiger partial charge is 0.326 e. The third-order valence-corrected chi connectivity index (χ3v) is 6.64. The fraction of sp³-hybridized carbons (Fsp3) is 0.235. The maximum absolute atomic E-state index is 12.8. The van der Waals surface area contributed by atoms with E-state index in [0.717, 1.165) is 0 Å². The minimum atomic E-state index is -3.75. The molecule has 0 radical (unpaired) electrons. The Hall–Kier alpha value is -1.76. The number of nitrogens with one attached hydrogen (secondary N) is 1. The molecule has 1 aliphatic rings. The Labute approximate surface area is 156 Å². The number of anilines is 2. The van der Waals surface area contributed by atoms with Gasteiger partial charge in [0.25, 0.3) is 10.0 Å². The van der Waals surface area contributed by atoms with Gasteiger partial charge in [-0.25, -0.2) is 8.42 Å². The molecule has 3 rings (SSSR count). The predicted octanol–water partition coefficient (Wildman–Crippen LogP) is 3.64. The molecule has 0 spiro atoms. The Balaban J connectivity index is 1.82. The second kappa shape index (κ2) is 6.52. The molecule has 2 aromatic rings. The number of sulfonamides is 1. The van der Waals surface area contributed by atoms with E-state index in [4.69, 9.17) is 23.2 Å². The molecule has 1 fully saturated rings. The molecular formula is C17H16Cl2N2O3S. The molecule has 0 aliphatic heterocycles. The van der Waals surface area contributed by atoms with Crippen molar-refractivity contribution in [3.8, 4) is 0 Å². The topological polar surface area (TPSA) is 66.5 Å². The van der Waals surface area contributed by atoms with Gasteiger partial charge in [0.15, 0.2) is 0 Å². The third-order valence-electron chi connectivity index (χ3n) is 4.02. The number of hydrogen-bond donors (Lipinski definition) is 1. The van der Waals surface area contributed by atoms with Crippen LogP contribution >= 0.6 is 23.2 Å². The van der Waals surface area contributed by atoms with Gasteiger partial charge >= 0.3 is 0 Å². The molecule has 1 saturated carbocycles. The second-order valence-corrected chi connectivity index (χ2v) is 9.35. The Morgan fingerprint density at radius 1 is 1.16 bits per heavy atom. The fourth-order valence-electron chi connectivity index (χ4n) is 2.40. The molecule has 1 N–H and O–H groups in total. The lowest BCUT2D eigenvalue weighted by atomic mass is 10.3. The summed E-state index contributed by atoms with van der Waals surface area (Å²) in [5.74, 6) is -0.806. The van der Waals surface area contributed by atoms with Gasteiger partial charge in [-0.3, -0.25) is 9.10 Å². The van der Waals surface area contributed by atoms with Crippen molar-refractivity contribution in [1.82, 2.24) is 0 Å². The van der Waals surface area contributed by atoms with Crippen molar-refractivity contribution in [3.05, 3.63) is 54.6 Å². The zero-order valence-corrected chi connectivity index (χ0v) is 15.6. The van der Waals surface area contributed by atoms with Crippen molar-refractivity contribution < 1.29 is 13.2 Å². The van der Waals surface area contributed by atoms with Crippen molar-refractivity contribution in [2.45, 2.75) is 15.6 Å². The number of amides is 1. The van der Waals surface area contributed by atoms with Crippen molar-refractivity contribution in [1.29, 1.82) is 0 Å². The summed E-state index contributed by atoms with van der Waals surface area (Å²) < 4.78 is 25.7. The highest BCUT2D eigenvalue weighted by Gasteiger charge is 2.56. The molecule has 1 amide bonds. The van der Waals surface area contributed by atoms with Crippen LogP contribution in [-0.4, -0.2) is 25.7 Å². The minimum absolute atomic E-state index is 0.0791. The molecule has 0 saturated heterocycles. The molecule has 25 heavy (non-hydrogen) atoms. The number of hydrogen-bond acceptors (Lipinski definition) is 3. The Bertz CT molecular complexity index is 901. The quantitative estimate of drug-likeness (QED) is 0.781. The summed E-state index contributed by atoms with van der Waals surface area (Å²) in [5, 5.41) is 2.66. The van der Waals surface area contributed by atoms with Gasteiger partial charge in [-0.2, -0.15) is 0 Å². The molecule has 1 atom stereocenters. The minimum Gasteiger partial charge on any atom is -0.326 e. The molecule has 2 aromatic carbocycles. The number of halogens is 2. The first-order valence-electron chi connectivity index (χ1n) is 7.54. The van der Waals surface area contributed by atoms with Crippen LogP contribution in [0.4, 0.5) is 11.4 Å². The van der Waals surface area contributed by atoms with Gasteiger partial charge in [-0.05, 0) is 36.8 Å². The Morgan fingerprint density at radius 3 is 2.40 bits per heavy atom. The first-order chi connectivity index (χ1) is 11.7. The van der Waals surface area contributed by atoms with E-state index in [2.05, 4.69) is 5.32 Å². The van der Waals surface area contributed by atoms with E-state index < -0.39 is 20.3 Å². The van der Waals surface area contributed by atoms with E-state index in [0.29, 0.717) is 17.8 Å². The summed E-state index contributed by atoms with van der Waals surface area (Å²) in [6.07, 6.45) is 0.386. The molecule has 1 aliphatic carbocycles. The van der Waals surface area contributed by atoms with Gasteiger partial charge in [0.2, 0.25) is 5.91 Å². The maximum Gasteiger partial charge on any atom is 0.264 e.